The SMILES string of the molecule is O=C(c1nn2c(C(F)(F)F)cc(-c3cccs3)nc2c1Cl)N1CCN(Cc2ccc3c(c2)OCO3)CC1. The lowest BCUT2D eigenvalue weighted by Gasteiger charge is -2.34. The van der Waals surface area contributed by atoms with Gasteiger partial charge in [-0.15, -0.1) is 11.3 Å². The van der Waals surface area contributed by atoms with Gasteiger partial charge in [0.25, 0.3) is 5.91 Å². The van der Waals surface area contributed by atoms with Crippen LogP contribution in [0.15, 0.2) is 41.8 Å². The molecule has 1 fully saturated rings. The Labute approximate surface area is 217 Å². The molecular weight excluding hydrogens is 531 g/mol. The van der Waals surface area contributed by atoms with Crippen LogP contribution in [0.25, 0.3) is 16.2 Å². The van der Waals surface area contributed by atoms with E-state index in [9.17, 15) is 18.0 Å². The number of hydrogen-bond acceptors (Lipinski definition) is 7. The Hall–Kier alpha value is -3.35. The fourth-order valence-electron chi connectivity index (χ4n) is 4.44. The smallest absolute Gasteiger partial charge is 0.433 e. The highest BCUT2D eigenvalue weighted by Crippen LogP contribution is 2.36. The van der Waals surface area contributed by atoms with E-state index < -0.39 is 17.8 Å². The molecule has 2 aliphatic rings. The number of ether oxygens (including phenoxy) is 2. The molecule has 2 aliphatic heterocycles. The molecule has 13 heteroatoms. The molecule has 37 heavy (non-hydrogen) atoms. The van der Waals surface area contributed by atoms with Gasteiger partial charge in [0.1, 0.15) is 5.02 Å². The van der Waals surface area contributed by atoms with Crippen molar-refractivity contribution in [2.45, 2.75) is 12.7 Å². The van der Waals surface area contributed by atoms with E-state index in [1.807, 2.05) is 18.2 Å². The minimum atomic E-state index is -4.72. The molecule has 0 spiro atoms. The molecule has 4 aromatic rings. The summed E-state index contributed by atoms with van der Waals surface area (Å²) in [5.41, 5.74) is -0.320. The molecular formula is C24H19ClF3N5O3S. The minimum absolute atomic E-state index is 0.118. The van der Waals surface area contributed by atoms with E-state index in [2.05, 4.69) is 15.0 Å². The third-order valence-corrected chi connectivity index (χ3v) is 7.54. The summed E-state index contributed by atoms with van der Waals surface area (Å²) in [5, 5.41) is 5.52. The monoisotopic (exact) mass is 549 g/mol. The summed E-state index contributed by atoms with van der Waals surface area (Å²) in [6.45, 7) is 2.80. The zero-order chi connectivity index (χ0) is 25.7. The van der Waals surface area contributed by atoms with Crippen LogP contribution in [0.4, 0.5) is 13.2 Å². The van der Waals surface area contributed by atoms with Crippen molar-refractivity contribution in [3.05, 3.63) is 63.8 Å². The van der Waals surface area contributed by atoms with Gasteiger partial charge in [0.15, 0.2) is 28.5 Å². The topological polar surface area (TPSA) is 72.2 Å². The Morgan fingerprint density at radius 3 is 2.59 bits per heavy atom. The van der Waals surface area contributed by atoms with Crippen LogP contribution in [0.1, 0.15) is 21.7 Å². The van der Waals surface area contributed by atoms with Gasteiger partial charge in [-0.1, -0.05) is 23.7 Å². The Morgan fingerprint density at radius 1 is 1.08 bits per heavy atom. The molecule has 1 amide bonds. The van der Waals surface area contributed by atoms with Gasteiger partial charge in [0.2, 0.25) is 6.79 Å². The number of halogens is 4. The number of alkyl halides is 3. The van der Waals surface area contributed by atoms with Crippen molar-refractivity contribution < 1.29 is 27.4 Å². The number of piperazine rings is 1. The van der Waals surface area contributed by atoms with E-state index in [-0.39, 0.29) is 28.9 Å². The molecule has 0 N–H and O–H groups in total. The second kappa shape index (κ2) is 9.19. The van der Waals surface area contributed by atoms with Gasteiger partial charge in [-0.2, -0.15) is 18.3 Å². The van der Waals surface area contributed by atoms with E-state index in [0.717, 1.165) is 11.6 Å². The van der Waals surface area contributed by atoms with Crippen molar-refractivity contribution >= 4 is 34.5 Å². The summed E-state index contributed by atoms with van der Waals surface area (Å²) in [5.74, 6) is 0.903. The standard InChI is InChI=1S/C24H19ClF3N5O3S/c25-20-21(30-33-19(24(26,27)28)11-15(29-22(20)33)18-2-1-9-37-18)23(34)32-7-5-31(6-8-32)12-14-3-4-16-17(10-14)36-13-35-16/h1-4,9-11H,5-8,12-13H2. The van der Waals surface area contributed by atoms with E-state index >= 15 is 0 Å². The maximum atomic E-state index is 13.9. The summed E-state index contributed by atoms with van der Waals surface area (Å²) in [7, 11) is 0. The molecule has 8 nitrogen and oxygen atoms in total. The van der Waals surface area contributed by atoms with Gasteiger partial charge in [0.05, 0.1) is 10.6 Å². The highest BCUT2D eigenvalue weighted by atomic mass is 35.5. The summed E-state index contributed by atoms with van der Waals surface area (Å²) < 4.78 is 53.0. The van der Waals surface area contributed by atoms with Crippen LogP contribution >= 0.6 is 22.9 Å². The molecule has 0 aliphatic carbocycles. The number of rotatable bonds is 4. The normalized spacial score (nSPS) is 16.1. The number of amides is 1. The third-order valence-electron chi connectivity index (χ3n) is 6.30. The molecule has 0 atom stereocenters. The van der Waals surface area contributed by atoms with Crippen molar-refractivity contribution in [1.29, 1.82) is 0 Å². The second-order valence-electron chi connectivity index (χ2n) is 8.66. The van der Waals surface area contributed by atoms with Crippen LogP contribution in [-0.4, -0.2) is 63.3 Å². The van der Waals surface area contributed by atoms with E-state index in [0.29, 0.717) is 53.6 Å². The van der Waals surface area contributed by atoms with E-state index in [1.54, 1.807) is 22.4 Å². The Balaban J connectivity index is 1.22. The maximum absolute atomic E-state index is 13.9. The fourth-order valence-corrected chi connectivity index (χ4v) is 5.36. The molecule has 0 bridgehead atoms. The van der Waals surface area contributed by atoms with Crippen molar-refractivity contribution in [3.63, 3.8) is 0 Å². The van der Waals surface area contributed by atoms with Crippen LogP contribution < -0.4 is 9.47 Å². The lowest BCUT2D eigenvalue weighted by molar-refractivity contribution is -0.142. The highest BCUT2D eigenvalue weighted by molar-refractivity contribution is 7.13. The molecule has 3 aromatic heterocycles. The predicted molar refractivity (Wildman–Crippen MR) is 130 cm³/mol. The molecule has 6 rings (SSSR count). The first-order valence-electron chi connectivity index (χ1n) is 11.4. The molecule has 0 radical (unpaired) electrons. The lowest BCUT2D eigenvalue weighted by Crippen LogP contribution is -2.48. The van der Waals surface area contributed by atoms with Crippen LogP contribution in [0.3, 0.4) is 0 Å². The second-order valence-corrected chi connectivity index (χ2v) is 9.98. The van der Waals surface area contributed by atoms with Crippen LogP contribution in [0.2, 0.25) is 5.02 Å². The average molecular weight is 550 g/mol. The summed E-state index contributed by atoms with van der Waals surface area (Å²) in [4.78, 5) is 21.9. The van der Waals surface area contributed by atoms with Crippen molar-refractivity contribution in [2.24, 2.45) is 0 Å². The number of fused-ring (bicyclic) bond motifs is 2. The number of thiophene rings is 1. The number of benzene rings is 1. The summed E-state index contributed by atoms with van der Waals surface area (Å²) in [6.07, 6.45) is -4.72. The lowest BCUT2D eigenvalue weighted by atomic mass is 10.1. The molecule has 5 heterocycles. The Morgan fingerprint density at radius 2 is 1.86 bits per heavy atom. The fraction of sp³-hybridized carbons (Fsp3) is 0.292. The first kappa shape index (κ1) is 24.0. The van der Waals surface area contributed by atoms with Gasteiger partial charge in [-0.25, -0.2) is 9.50 Å². The predicted octanol–water partition coefficient (Wildman–Crippen LogP) is 4.82. The summed E-state index contributed by atoms with van der Waals surface area (Å²) >= 11 is 7.68. The molecule has 1 aromatic carbocycles. The van der Waals surface area contributed by atoms with E-state index in [4.69, 9.17) is 21.1 Å². The number of aromatic nitrogens is 3. The average Bonchev–Trinajstić information content (AvgIpc) is 3.63. The number of hydrogen-bond donors (Lipinski definition) is 0. The minimum Gasteiger partial charge on any atom is -0.454 e. The summed E-state index contributed by atoms with van der Waals surface area (Å²) in [6, 6.07) is 10.1. The van der Waals surface area contributed by atoms with Gasteiger partial charge in [-0.3, -0.25) is 9.69 Å². The van der Waals surface area contributed by atoms with Gasteiger partial charge >= 0.3 is 6.18 Å². The van der Waals surface area contributed by atoms with E-state index in [1.165, 1.54) is 11.3 Å². The zero-order valence-electron chi connectivity index (χ0n) is 19.2. The number of nitrogens with zero attached hydrogens (tertiary/aromatic N) is 5. The Kier molecular flexibility index (Phi) is 5.97. The van der Waals surface area contributed by atoms with Crippen LogP contribution in [0.5, 0.6) is 11.5 Å². The van der Waals surface area contributed by atoms with Crippen LogP contribution in [0, 0.1) is 0 Å². The molecule has 0 unspecified atom stereocenters. The highest BCUT2D eigenvalue weighted by Gasteiger charge is 2.37. The number of carbonyl (C=O) groups excluding carboxylic acids is 1. The maximum Gasteiger partial charge on any atom is 0.433 e. The largest absolute Gasteiger partial charge is 0.454 e. The van der Waals surface area contributed by atoms with Crippen molar-refractivity contribution in [3.8, 4) is 22.1 Å². The molecule has 192 valence electrons. The van der Waals surface area contributed by atoms with Gasteiger partial charge in [-0.05, 0) is 35.2 Å². The number of carbonyl (C=O) groups is 1. The van der Waals surface area contributed by atoms with Crippen LogP contribution in [-0.2, 0) is 12.7 Å². The molecule has 1 saturated heterocycles. The quantitative estimate of drug-likeness (QED) is 0.364. The van der Waals surface area contributed by atoms with Crippen molar-refractivity contribution in [1.82, 2.24) is 24.4 Å². The Bertz CT molecular complexity index is 1480. The molecule has 0 saturated carbocycles. The van der Waals surface area contributed by atoms with Gasteiger partial charge in [0, 0.05) is 32.7 Å². The zero-order valence-corrected chi connectivity index (χ0v) is 20.7. The third kappa shape index (κ3) is 4.49. The van der Waals surface area contributed by atoms with Gasteiger partial charge < -0.3 is 14.4 Å². The van der Waals surface area contributed by atoms with Crippen molar-refractivity contribution in [2.75, 3.05) is 33.0 Å². The first-order valence-corrected chi connectivity index (χ1v) is 12.6. The first-order chi connectivity index (χ1) is 17.8.